The summed E-state index contributed by atoms with van der Waals surface area (Å²) in [6.07, 6.45) is 1.06. The molecule has 3 aliphatic rings. The third-order valence-corrected chi connectivity index (χ3v) is 7.92. The van der Waals surface area contributed by atoms with Crippen molar-refractivity contribution >= 4 is 5.69 Å². The van der Waals surface area contributed by atoms with Crippen LogP contribution < -0.4 is 9.64 Å². The number of hydrogen-bond donors (Lipinski definition) is 0. The van der Waals surface area contributed by atoms with E-state index in [1.165, 1.54) is 39.1 Å². The van der Waals surface area contributed by atoms with Crippen molar-refractivity contribution in [2.75, 3.05) is 11.5 Å². The third kappa shape index (κ3) is 2.80. The van der Waals surface area contributed by atoms with E-state index >= 15 is 0 Å². The van der Waals surface area contributed by atoms with Crippen LogP contribution in [-0.4, -0.2) is 6.61 Å². The first-order valence-corrected chi connectivity index (χ1v) is 12.0. The van der Waals surface area contributed by atoms with E-state index in [1.54, 1.807) is 0 Å². The highest BCUT2D eigenvalue weighted by atomic mass is 16.5. The molecule has 0 radical (unpaired) electrons. The minimum atomic E-state index is 0.294. The van der Waals surface area contributed by atoms with E-state index in [2.05, 4.69) is 109 Å². The highest BCUT2D eigenvalue weighted by Crippen LogP contribution is 2.60. The van der Waals surface area contributed by atoms with Gasteiger partial charge in [-0.3, -0.25) is 0 Å². The number of fused-ring (bicyclic) bond motifs is 4. The number of benzene rings is 4. The molecule has 0 fully saturated rings. The summed E-state index contributed by atoms with van der Waals surface area (Å²) in [5.74, 6) is 1.72. The number of aryl methyl sites for hydroxylation is 1. The van der Waals surface area contributed by atoms with Crippen LogP contribution in [-0.2, 0) is 6.42 Å². The van der Waals surface area contributed by atoms with E-state index in [0.717, 1.165) is 18.8 Å². The Bertz CT molecular complexity index is 1330. The molecule has 0 aliphatic carbocycles. The zero-order chi connectivity index (χ0) is 21.9. The predicted octanol–water partition coefficient (Wildman–Crippen LogP) is 6.99. The van der Waals surface area contributed by atoms with E-state index in [1.807, 2.05) is 0 Å². The first-order valence-electron chi connectivity index (χ1n) is 12.0. The number of hydrogen-bond acceptors (Lipinski definition) is 2. The van der Waals surface area contributed by atoms with Gasteiger partial charge in [-0.15, -0.1) is 0 Å². The minimum absolute atomic E-state index is 0.294. The van der Waals surface area contributed by atoms with Crippen molar-refractivity contribution in [3.05, 3.63) is 130 Å². The second-order valence-electron chi connectivity index (χ2n) is 9.74. The molecule has 33 heavy (non-hydrogen) atoms. The zero-order valence-corrected chi connectivity index (χ0v) is 18.8. The lowest BCUT2D eigenvalue weighted by Gasteiger charge is -2.50. The zero-order valence-electron chi connectivity index (χ0n) is 18.8. The van der Waals surface area contributed by atoms with E-state index < -0.39 is 0 Å². The fraction of sp³-hybridized carbons (Fsp3) is 0.226. The van der Waals surface area contributed by atoms with Crippen LogP contribution in [0.5, 0.6) is 5.75 Å². The molecule has 0 bridgehead atoms. The summed E-state index contributed by atoms with van der Waals surface area (Å²) in [4.78, 5) is 2.75. The largest absolute Gasteiger partial charge is 0.493 e. The molecule has 4 atom stereocenters. The van der Waals surface area contributed by atoms with Gasteiger partial charge in [0.15, 0.2) is 0 Å². The number of anilines is 1. The van der Waals surface area contributed by atoms with E-state index in [4.69, 9.17) is 4.74 Å². The summed E-state index contributed by atoms with van der Waals surface area (Å²) < 4.78 is 6.41. The molecule has 4 aromatic rings. The predicted molar refractivity (Wildman–Crippen MR) is 133 cm³/mol. The quantitative estimate of drug-likeness (QED) is 0.340. The van der Waals surface area contributed by atoms with Gasteiger partial charge in [-0.1, -0.05) is 96.6 Å². The maximum absolute atomic E-state index is 6.41. The van der Waals surface area contributed by atoms with Crippen molar-refractivity contribution in [1.29, 1.82) is 0 Å². The van der Waals surface area contributed by atoms with Crippen LogP contribution >= 0.6 is 0 Å². The molecule has 3 aliphatic heterocycles. The van der Waals surface area contributed by atoms with Crippen LogP contribution in [0.2, 0.25) is 0 Å². The molecule has 162 valence electrons. The first-order chi connectivity index (χ1) is 16.3. The molecule has 0 saturated carbocycles. The van der Waals surface area contributed by atoms with Crippen LogP contribution in [0, 0.1) is 12.8 Å². The van der Waals surface area contributed by atoms with Gasteiger partial charge in [-0.05, 0) is 41.7 Å². The van der Waals surface area contributed by atoms with Gasteiger partial charge in [0, 0.05) is 23.1 Å². The normalized spacial score (nSPS) is 24.5. The Morgan fingerprint density at radius 1 is 0.727 bits per heavy atom. The minimum Gasteiger partial charge on any atom is -0.493 e. The molecule has 0 spiro atoms. The maximum atomic E-state index is 6.41. The molecule has 0 N–H and O–H groups in total. The topological polar surface area (TPSA) is 12.5 Å². The van der Waals surface area contributed by atoms with Gasteiger partial charge < -0.3 is 9.64 Å². The number of ether oxygens (including phenoxy) is 1. The molecule has 3 unspecified atom stereocenters. The average molecular weight is 430 g/mol. The summed E-state index contributed by atoms with van der Waals surface area (Å²) in [7, 11) is 0. The Morgan fingerprint density at radius 3 is 2.33 bits per heavy atom. The van der Waals surface area contributed by atoms with Gasteiger partial charge >= 0.3 is 0 Å². The Hall–Kier alpha value is -3.52. The number of para-hydroxylation sites is 2. The molecule has 3 heterocycles. The molecular weight excluding hydrogens is 402 g/mol. The van der Waals surface area contributed by atoms with Gasteiger partial charge in [0.1, 0.15) is 5.75 Å². The van der Waals surface area contributed by atoms with Crippen molar-refractivity contribution < 1.29 is 4.74 Å². The van der Waals surface area contributed by atoms with Crippen molar-refractivity contribution in [2.24, 2.45) is 5.92 Å². The first kappa shape index (κ1) is 19.0. The summed E-state index contributed by atoms with van der Waals surface area (Å²) in [6.45, 7) is 2.90. The monoisotopic (exact) mass is 429 g/mol. The molecule has 0 aromatic heterocycles. The highest BCUT2D eigenvalue weighted by Gasteiger charge is 2.51. The van der Waals surface area contributed by atoms with Crippen molar-refractivity contribution in [2.45, 2.75) is 31.3 Å². The van der Waals surface area contributed by atoms with Gasteiger partial charge in [0.05, 0.1) is 18.7 Å². The lowest BCUT2D eigenvalue weighted by molar-refractivity contribution is 0.166. The molecular formula is C31H27NO. The maximum Gasteiger partial charge on any atom is 0.124 e. The van der Waals surface area contributed by atoms with Gasteiger partial charge in [0.25, 0.3) is 0 Å². The van der Waals surface area contributed by atoms with E-state index in [9.17, 15) is 0 Å². The number of rotatable bonds is 2. The fourth-order valence-corrected chi connectivity index (χ4v) is 6.52. The Morgan fingerprint density at radius 2 is 1.48 bits per heavy atom. The molecule has 2 heteroatoms. The molecule has 7 rings (SSSR count). The Labute approximate surface area is 195 Å². The van der Waals surface area contributed by atoms with Crippen LogP contribution in [0.1, 0.15) is 51.4 Å². The van der Waals surface area contributed by atoms with Crippen LogP contribution in [0.15, 0.2) is 97.1 Å². The molecule has 0 amide bonds. The lowest BCUT2D eigenvalue weighted by atomic mass is 9.70. The lowest BCUT2D eigenvalue weighted by Crippen LogP contribution is -2.45. The van der Waals surface area contributed by atoms with E-state index in [-0.39, 0.29) is 0 Å². The standard InChI is InChI=1S/C31H27NO/c1-20-14-16-22(17-15-20)29-25-12-7-10-23-18-27(21-8-3-2-4-9-21)32(30(23)25)31-24-11-5-6-13-28(24)33-19-26(29)31/h2-17,26-27,29,31H,18-19H2,1H3/t26?,27-,29?,31?/m0/s1. The average Bonchev–Trinajstić information content (AvgIpc) is 3.26. The molecule has 2 nitrogen and oxygen atoms in total. The highest BCUT2D eigenvalue weighted by molar-refractivity contribution is 5.72. The van der Waals surface area contributed by atoms with Gasteiger partial charge in [0.2, 0.25) is 0 Å². The Kier molecular flexibility index (Phi) is 4.17. The fourth-order valence-electron chi connectivity index (χ4n) is 6.52. The summed E-state index contributed by atoms with van der Waals surface area (Å²) in [5.41, 5.74) is 9.82. The van der Waals surface area contributed by atoms with Crippen LogP contribution in [0.4, 0.5) is 5.69 Å². The Balaban J connectivity index is 1.48. The van der Waals surface area contributed by atoms with Gasteiger partial charge in [-0.2, -0.15) is 0 Å². The van der Waals surface area contributed by atoms with Crippen molar-refractivity contribution in [3.8, 4) is 5.75 Å². The smallest absolute Gasteiger partial charge is 0.124 e. The summed E-state index contributed by atoms with van der Waals surface area (Å²) in [6, 6.07) is 36.5. The second-order valence-corrected chi connectivity index (χ2v) is 9.74. The van der Waals surface area contributed by atoms with Crippen molar-refractivity contribution in [1.82, 2.24) is 0 Å². The van der Waals surface area contributed by atoms with Crippen LogP contribution in [0.3, 0.4) is 0 Å². The SMILES string of the molecule is Cc1ccc(C2c3cccc4c3N(C3c5ccccc5OCC23)[C@H](c2ccccc2)C4)cc1. The third-order valence-electron chi connectivity index (χ3n) is 7.92. The number of nitrogens with zero attached hydrogens (tertiary/aromatic N) is 1. The van der Waals surface area contributed by atoms with Crippen LogP contribution in [0.25, 0.3) is 0 Å². The van der Waals surface area contributed by atoms with E-state index in [0.29, 0.717) is 23.9 Å². The summed E-state index contributed by atoms with van der Waals surface area (Å²) >= 11 is 0. The second kappa shape index (κ2) is 7.25. The van der Waals surface area contributed by atoms with Gasteiger partial charge in [-0.25, -0.2) is 0 Å². The molecule has 4 aromatic carbocycles. The van der Waals surface area contributed by atoms with Crippen molar-refractivity contribution in [3.63, 3.8) is 0 Å². The molecule has 0 saturated heterocycles. The summed E-state index contributed by atoms with van der Waals surface area (Å²) in [5, 5.41) is 0.